The first-order valence-electron chi connectivity index (χ1n) is 8.93. The fraction of sp³-hybridized carbons (Fsp3) is 0.421. The van der Waals surface area contributed by atoms with Crippen molar-refractivity contribution in [1.82, 2.24) is 0 Å². The number of carbonyl (C=O) groups excluding carboxylic acids is 3. The summed E-state index contributed by atoms with van der Waals surface area (Å²) in [4.78, 5) is 48.2. The Hall–Kier alpha value is -3.24. The van der Waals surface area contributed by atoms with Crippen molar-refractivity contribution in [2.45, 2.75) is 32.9 Å². The van der Waals surface area contributed by atoms with E-state index in [-0.39, 0.29) is 32.1 Å². The molecular formula is C19H18F3NO7. The highest BCUT2D eigenvalue weighted by molar-refractivity contribution is 6.32. The molecule has 0 aromatic heterocycles. The van der Waals surface area contributed by atoms with Gasteiger partial charge in [0.05, 0.1) is 30.0 Å². The van der Waals surface area contributed by atoms with Gasteiger partial charge in [-0.05, 0) is 38.8 Å². The highest BCUT2D eigenvalue weighted by atomic mass is 19.4. The van der Waals surface area contributed by atoms with Crippen LogP contribution in [0.3, 0.4) is 0 Å². The number of carbonyl (C=O) groups is 3. The minimum absolute atomic E-state index is 0.00328. The van der Waals surface area contributed by atoms with Gasteiger partial charge >= 0.3 is 12.1 Å². The fourth-order valence-electron chi connectivity index (χ4n) is 2.75. The number of rotatable bonds is 9. The number of nitro groups is 1. The van der Waals surface area contributed by atoms with Crippen molar-refractivity contribution in [2.75, 3.05) is 13.2 Å². The Labute approximate surface area is 168 Å². The van der Waals surface area contributed by atoms with Crippen molar-refractivity contribution in [2.24, 2.45) is 5.41 Å². The number of alkyl halides is 3. The van der Waals surface area contributed by atoms with Crippen molar-refractivity contribution in [1.29, 1.82) is 0 Å². The molecular weight excluding hydrogens is 411 g/mol. The maximum absolute atomic E-state index is 13.0. The van der Waals surface area contributed by atoms with Crippen molar-refractivity contribution < 1.29 is 42.0 Å². The molecule has 0 spiro atoms. The number of Topliss-reactive ketones (excluding diaryl/α,β-unsaturated/α-hetero) is 2. The molecule has 30 heavy (non-hydrogen) atoms. The molecule has 0 amide bonds. The third-order valence-electron chi connectivity index (χ3n) is 4.47. The van der Waals surface area contributed by atoms with E-state index in [2.05, 4.69) is 0 Å². The van der Waals surface area contributed by atoms with Crippen LogP contribution >= 0.6 is 0 Å². The van der Waals surface area contributed by atoms with Crippen LogP contribution in [0.5, 0.6) is 0 Å². The first-order valence-corrected chi connectivity index (χ1v) is 8.93. The summed E-state index contributed by atoms with van der Waals surface area (Å²) in [5, 5.41) is 11.3. The maximum atomic E-state index is 13.0. The third kappa shape index (κ3) is 4.50. The van der Waals surface area contributed by atoms with Crippen LogP contribution in [0, 0.1) is 15.5 Å². The molecule has 162 valence electrons. The minimum Gasteiger partial charge on any atom is -0.501 e. The van der Waals surface area contributed by atoms with Gasteiger partial charge in [0, 0.05) is 6.07 Å². The lowest BCUT2D eigenvalue weighted by atomic mass is 9.89. The quantitative estimate of drug-likeness (QED) is 0.0861. The van der Waals surface area contributed by atoms with Gasteiger partial charge in [-0.2, -0.15) is 13.2 Å². The minimum atomic E-state index is -4.87. The first-order chi connectivity index (χ1) is 14.0. The largest absolute Gasteiger partial charge is 0.501 e. The number of ketones is 2. The molecule has 1 aliphatic rings. The molecule has 0 atom stereocenters. The molecule has 0 bridgehead atoms. The van der Waals surface area contributed by atoms with Gasteiger partial charge in [0.1, 0.15) is 16.6 Å². The normalized spacial score (nSPS) is 15.3. The molecule has 0 aliphatic heterocycles. The second-order valence-corrected chi connectivity index (χ2v) is 6.43. The second kappa shape index (κ2) is 8.64. The zero-order valence-corrected chi connectivity index (χ0v) is 16.1. The summed E-state index contributed by atoms with van der Waals surface area (Å²) in [6, 6.07) is 1.34. The van der Waals surface area contributed by atoms with Gasteiger partial charge in [0.25, 0.3) is 5.69 Å². The van der Waals surface area contributed by atoms with E-state index in [0.717, 1.165) is 6.26 Å². The Kier molecular flexibility index (Phi) is 6.63. The molecule has 1 aliphatic carbocycles. The molecule has 2 rings (SSSR count). The van der Waals surface area contributed by atoms with Gasteiger partial charge in [0.2, 0.25) is 5.78 Å². The van der Waals surface area contributed by atoms with E-state index in [0.29, 0.717) is 12.1 Å². The van der Waals surface area contributed by atoms with Gasteiger partial charge in [-0.3, -0.25) is 24.5 Å². The van der Waals surface area contributed by atoms with Crippen molar-refractivity contribution in [3.63, 3.8) is 0 Å². The number of hydrogen-bond acceptors (Lipinski definition) is 7. The van der Waals surface area contributed by atoms with E-state index in [1.54, 1.807) is 6.92 Å². The molecule has 1 aromatic rings. The lowest BCUT2D eigenvalue weighted by Gasteiger charge is -2.15. The topological polar surface area (TPSA) is 113 Å². The number of halogens is 3. The summed E-state index contributed by atoms with van der Waals surface area (Å²) in [7, 11) is 0. The summed E-state index contributed by atoms with van der Waals surface area (Å²) in [6.07, 6.45) is -3.88. The summed E-state index contributed by atoms with van der Waals surface area (Å²) in [5.41, 5.74) is -5.45. The first kappa shape index (κ1) is 23.0. The number of benzene rings is 1. The number of hydrogen-bond donors (Lipinski definition) is 0. The maximum Gasteiger partial charge on any atom is 0.416 e. The summed E-state index contributed by atoms with van der Waals surface area (Å²) >= 11 is 0. The lowest BCUT2D eigenvalue weighted by molar-refractivity contribution is -0.385. The van der Waals surface area contributed by atoms with Crippen molar-refractivity contribution in [3.8, 4) is 0 Å². The van der Waals surface area contributed by atoms with E-state index >= 15 is 0 Å². The molecule has 0 saturated heterocycles. The highest BCUT2D eigenvalue weighted by Crippen LogP contribution is 2.49. The van der Waals surface area contributed by atoms with Crippen LogP contribution in [0.15, 0.2) is 30.0 Å². The smallest absolute Gasteiger partial charge is 0.416 e. The van der Waals surface area contributed by atoms with Crippen LogP contribution in [0.2, 0.25) is 0 Å². The van der Waals surface area contributed by atoms with Gasteiger partial charge in [-0.25, -0.2) is 0 Å². The van der Waals surface area contributed by atoms with Crippen LogP contribution in [-0.4, -0.2) is 35.7 Å². The van der Waals surface area contributed by atoms with E-state index in [9.17, 15) is 37.7 Å². The molecule has 0 heterocycles. The average molecular weight is 429 g/mol. The van der Waals surface area contributed by atoms with Crippen LogP contribution in [0.1, 0.15) is 42.6 Å². The Bertz CT molecular complexity index is 917. The predicted molar refractivity (Wildman–Crippen MR) is 95.4 cm³/mol. The van der Waals surface area contributed by atoms with Gasteiger partial charge < -0.3 is 9.47 Å². The van der Waals surface area contributed by atoms with Gasteiger partial charge in [0.15, 0.2) is 5.78 Å². The van der Waals surface area contributed by atoms with E-state index in [1.165, 1.54) is 6.92 Å². The van der Waals surface area contributed by atoms with Crippen LogP contribution in [0.4, 0.5) is 18.9 Å². The number of nitro benzene ring substituents is 1. The second-order valence-electron chi connectivity index (χ2n) is 6.43. The Morgan fingerprint density at radius 1 is 1.20 bits per heavy atom. The summed E-state index contributed by atoms with van der Waals surface area (Å²) in [5.74, 6) is -3.01. The molecule has 11 heteroatoms. The molecule has 1 fully saturated rings. The molecule has 1 aromatic carbocycles. The Morgan fingerprint density at radius 2 is 1.83 bits per heavy atom. The molecule has 1 saturated carbocycles. The van der Waals surface area contributed by atoms with Gasteiger partial charge in [-0.1, -0.05) is 0 Å². The lowest BCUT2D eigenvalue weighted by Crippen LogP contribution is -2.32. The fourth-order valence-corrected chi connectivity index (χ4v) is 2.75. The third-order valence-corrected chi connectivity index (χ3v) is 4.47. The van der Waals surface area contributed by atoms with Crippen LogP contribution in [0.25, 0.3) is 0 Å². The molecule has 8 nitrogen and oxygen atoms in total. The van der Waals surface area contributed by atoms with Crippen LogP contribution < -0.4 is 0 Å². The summed E-state index contributed by atoms with van der Waals surface area (Å²) in [6.45, 7) is 3.11. The molecule has 0 radical (unpaired) electrons. The van der Waals surface area contributed by atoms with E-state index < -0.39 is 56.4 Å². The van der Waals surface area contributed by atoms with E-state index in [1.807, 2.05) is 0 Å². The Balaban J connectivity index is 2.52. The molecule has 0 N–H and O–H groups in total. The zero-order chi connectivity index (χ0) is 22.7. The standard InChI is InChI=1S/C19H18F3NO7/c1-3-29-10-13(16(25)18(7-8-18)17(26)30-4-2)15(24)12-6-5-11(19(20,21)22)9-14(12)23(27)28/h5-6,9-10H,3-4,7-8H2,1-2H3. The zero-order valence-electron chi connectivity index (χ0n) is 16.1. The van der Waals surface area contributed by atoms with Crippen molar-refractivity contribution in [3.05, 3.63) is 51.3 Å². The average Bonchev–Trinajstić information content (AvgIpc) is 3.49. The number of allylic oxidation sites excluding steroid dienone is 1. The van der Waals surface area contributed by atoms with Crippen molar-refractivity contribution >= 4 is 23.2 Å². The van der Waals surface area contributed by atoms with Crippen LogP contribution in [-0.2, 0) is 25.2 Å². The van der Waals surface area contributed by atoms with Gasteiger partial charge in [-0.15, -0.1) is 0 Å². The number of esters is 1. The Morgan fingerprint density at radius 3 is 2.30 bits per heavy atom. The number of nitrogens with zero attached hydrogens (tertiary/aromatic N) is 1. The summed E-state index contributed by atoms with van der Waals surface area (Å²) < 4.78 is 48.6. The highest BCUT2D eigenvalue weighted by Gasteiger charge is 2.59. The monoisotopic (exact) mass is 429 g/mol. The molecule has 0 unspecified atom stereocenters. The van der Waals surface area contributed by atoms with E-state index in [4.69, 9.17) is 9.47 Å². The predicted octanol–water partition coefficient (Wildman–Crippen LogP) is 3.63. The SMILES string of the molecule is CCOC=C(C(=O)c1ccc(C(F)(F)F)cc1[N+](=O)[O-])C(=O)C1(C(=O)OCC)CC1. The number of ether oxygens (including phenoxy) is 2.